The number of nitrogens with two attached hydrogens (primary N) is 2. The van der Waals surface area contributed by atoms with Crippen molar-refractivity contribution in [2.24, 2.45) is 0 Å². The Hall–Kier alpha value is -2.84. The fourth-order valence-electron chi connectivity index (χ4n) is 3.09. The fourth-order valence-corrected chi connectivity index (χ4v) is 3.09. The minimum Gasteiger partial charge on any atom is -0.399 e. The first-order valence-corrected chi connectivity index (χ1v) is 7.72. The van der Waals surface area contributed by atoms with E-state index in [1.807, 2.05) is 12.1 Å². The van der Waals surface area contributed by atoms with Crippen LogP contribution in [0.4, 0.5) is 34.1 Å². The highest BCUT2D eigenvalue weighted by Gasteiger charge is 2.37. The van der Waals surface area contributed by atoms with E-state index in [-0.39, 0.29) is 0 Å². The van der Waals surface area contributed by atoms with Gasteiger partial charge in [-0.05, 0) is 36.4 Å². The fraction of sp³-hybridized carbons (Fsp3) is 0.250. The lowest BCUT2D eigenvalue weighted by Crippen LogP contribution is -2.52. The first kappa shape index (κ1) is 14.7. The van der Waals surface area contributed by atoms with Crippen LogP contribution < -0.4 is 32.7 Å². The summed E-state index contributed by atoms with van der Waals surface area (Å²) in [7, 11) is 0. The summed E-state index contributed by atoms with van der Waals surface area (Å²) in [5.41, 5.74) is 16.1. The molecule has 0 spiro atoms. The highest BCUT2D eigenvalue weighted by Crippen LogP contribution is 2.34. The smallest absolute Gasteiger partial charge is 0.126 e. The molecule has 24 heavy (non-hydrogen) atoms. The number of aliphatic hydroxyl groups is 2. The first-order valence-electron chi connectivity index (χ1n) is 7.72. The molecule has 4 unspecified atom stereocenters. The van der Waals surface area contributed by atoms with Crippen molar-refractivity contribution in [3.05, 3.63) is 36.4 Å². The number of anilines is 6. The third-order valence-electron chi connectivity index (χ3n) is 4.36. The van der Waals surface area contributed by atoms with Gasteiger partial charge < -0.3 is 42.9 Å². The average molecular weight is 328 g/mol. The molecular formula is C16H20N6O2. The predicted molar refractivity (Wildman–Crippen MR) is 95.8 cm³/mol. The second-order valence-corrected chi connectivity index (χ2v) is 6.12. The van der Waals surface area contributed by atoms with Crippen LogP contribution in [0.15, 0.2) is 36.4 Å². The number of nitrogen functional groups attached to an aromatic ring is 2. The molecule has 0 amide bonds. The number of fused-ring (bicyclic) bond motifs is 2. The zero-order chi connectivity index (χ0) is 16.8. The molecule has 126 valence electrons. The van der Waals surface area contributed by atoms with E-state index in [0.29, 0.717) is 11.4 Å². The van der Waals surface area contributed by atoms with Crippen LogP contribution in [-0.2, 0) is 0 Å². The Labute approximate surface area is 138 Å². The molecule has 0 bridgehead atoms. The van der Waals surface area contributed by atoms with Crippen LogP contribution in [0, 0.1) is 0 Å². The van der Waals surface area contributed by atoms with Gasteiger partial charge in [0.25, 0.3) is 0 Å². The molecule has 8 nitrogen and oxygen atoms in total. The Bertz CT molecular complexity index is 718. The van der Waals surface area contributed by atoms with Crippen molar-refractivity contribution in [2.75, 3.05) is 32.7 Å². The number of nitrogens with one attached hydrogen (secondary N) is 4. The van der Waals surface area contributed by atoms with Crippen LogP contribution in [0.3, 0.4) is 0 Å². The maximum Gasteiger partial charge on any atom is 0.126 e. The van der Waals surface area contributed by atoms with E-state index < -0.39 is 24.5 Å². The minimum absolute atomic E-state index is 0.519. The van der Waals surface area contributed by atoms with Crippen LogP contribution in [0.1, 0.15) is 0 Å². The zero-order valence-electron chi connectivity index (χ0n) is 12.8. The first-order chi connectivity index (χ1) is 11.5. The van der Waals surface area contributed by atoms with Crippen LogP contribution in [0.5, 0.6) is 0 Å². The standard InChI is InChI=1S/C16H20N6O2/c17-7-1-3-9-11(5-7)21-15(19-9)13(23)14(24)16-20-10-4-2-8(18)6-12(10)22-16/h1-6,13-16,19-24H,17-18H2. The molecule has 0 radical (unpaired) electrons. The Morgan fingerprint density at radius 1 is 0.667 bits per heavy atom. The van der Waals surface area contributed by atoms with Crippen molar-refractivity contribution in [1.82, 2.24) is 0 Å². The molecule has 4 rings (SSSR count). The molecule has 2 heterocycles. The molecule has 2 aliphatic heterocycles. The molecule has 2 aliphatic rings. The summed E-state index contributed by atoms with van der Waals surface area (Å²) in [6.45, 7) is 0. The van der Waals surface area contributed by atoms with Gasteiger partial charge in [0.1, 0.15) is 24.5 Å². The van der Waals surface area contributed by atoms with Gasteiger partial charge in [0.2, 0.25) is 0 Å². The number of benzene rings is 2. The van der Waals surface area contributed by atoms with Gasteiger partial charge in [-0.25, -0.2) is 0 Å². The van der Waals surface area contributed by atoms with Crippen LogP contribution in [0.2, 0.25) is 0 Å². The number of aliphatic hydroxyl groups excluding tert-OH is 2. The van der Waals surface area contributed by atoms with Crippen molar-refractivity contribution in [3.8, 4) is 0 Å². The molecule has 4 atom stereocenters. The summed E-state index contributed by atoms with van der Waals surface area (Å²) in [5.74, 6) is 0. The molecule has 8 heteroatoms. The van der Waals surface area contributed by atoms with Crippen LogP contribution in [-0.4, -0.2) is 34.8 Å². The SMILES string of the molecule is Nc1ccc2c(c1)NC(C(O)C(O)C1Nc3ccc(N)cc3N1)N2. The minimum atomic E-state index is -1.06. The molecule has 0 saturated carbocycles. The van der Waals surface area contributed by atoms with Gasteiger partial charge in [0, 0.05) is 11.4 Å². The van der Waals surface area contributed by atoms with E-state index in [4.69, 9.17) is 11.5 Å². The van der Waals surface area contributed by atoms with Crippen molar-refractivity contribution >= 4 is 34.1 Å². The lowest BCUT2D eigenvalue weighted by molar-refractivity contribution is 0.00799. The lowest BCUT2D eigenvalue weighted by Gasteiger charge is -2.28. The van der Waals surface area contributed by atoms with Gasteiger partial charge in [-0.2, -0.15) is 0 Å². The van der Waals surface area contributed by atoms with E-state index in [1.54, 1.807) is 24.3 Å². The summed E-state index contributed by atoms with van der Waals surface area (Å²) < 4.78 is 0. The highest BCUT2D eigenvalue weighted by atomic mass is 16.3. The van der Waals surface area contributed by atoms with Gasteiger partial charge in [0.05, 0.1) is 22.7 Å². The molecule has 2 aromatic rings. The summed E-state index contributed by atoms with van der Waals surface area (Å²) in [6.07, 6.45) is -3.16. The van der Waals surface area contributed by atoms with E-state index in [0.717, 1.165) is 22.7 Å². The lowest BCUT2D eigenvalue weighted by atomic mass is 10.1. The summed E-state index contributed by atoms with van der Waals surface area (Å²) in [5, 5.41) is 33.6. The largest absolute Gasteiger partial charge is 0.399 e. The van der Waals surface area contributed by atoms with Gasteiger partial charge in [-0.3, -0.25) is 0 Å². The van der Waals surface area contributed by atoms with Crippen molar-refractivity contribution in [1.29, 1.82) is 0 Å². The van der Waals surface area contributed by atoms with Gasteiger partial charge >= 0.3 is 0 Å². The van der Waals surface area contributed by atoms with Crippen LogP contribution >= 0.6 is 0 Å². The van der Waals surface area contributed by atoms with Crippen LogP contribution in [0.25, 0.3) is 0 Å². The monoisotopic (exact) mass is 328 g/mol. The number of hydrogen-bond acceptors (Lipinski definition) is 8. The highest BCUT2D eigenvalue weighted by molar-refractivity contribution is 5.79. The Morgan fingerprint density at radius 3 is 1.46 bits per heavy atom. The third kappa shape index (κ3) is 2.41. The molecule has 2 aromatic carbocycles. The normalized spacial score (nSPS) is 23.1. The van der Waals surface area contributed by atoms with E-state index in [9.17, 15) is 10.2 Å². The molecule has 0 saturated heterocycles. The quantitative estimate of drug-likeness (QED) is 0.383. The zero-order valence-corrected chi connectivity index (χ0v) is 12.8. The van der Waals surface area contributed by atoms with Gasteiger partial charge in [-0.1, -0.05) is 0 Å². The summed E-state index contributed by atoms with van der Waals surface area (Å²) in [6, 6.07) is 10.8. The maximum atomic E-state index is 10.5. The Morgan fingerprint density at radius 2 is 1.04 bits per heavy atom. The molecular weight excluding hydrogens is 308 g/mol. The number of rotatable bonds is 3. The van der Waals surface area contributed by atoms with Crippen molar-refractivity contribution < 1.29 is 10.2 Å². The topological polar surface area (TPSA) is 141 Å². The molecule has 0 aromatic heterocycles. The number of hydrogen-bond donors (Lipinski definition) is 8. The second-order valence-electron chi connectivity index (χ2n) is 6.12. The average Bonchev–Trinajstić information content (AvgIpc) is 3.16. The predicted octanol–water partition coefficient (Wildman–Crippen LogP) is 0.600. The van der Waals surface area contributed by atoms with Gasteiger partial charge in [-0.15, -0.1) is 0 Å². The van der Waals surface area contributed by atoms with E-state index >= 15 is 0 Å². The van der Waals surface area contributed by atoms with Crippen molar-refractivity contribution in [3.63, 3.8) is 0 Å². The Balaban J connectivity index is 1.45. The summed E-state index contributed by atoms with van der Waals surface area (Å²) in [4.78, 5) is 0. The maximum absolute atomic E-state index is 10.5. The second kappa shape index (κ2) is 5.36. The molecule has 0 fully saturated rings. The molecule has 0 aliphatic carbocycles. The van der Waals surface area contributed by atoms with E-state index in [2.05, 4.69) is 21.3 Å². The Kier molecular flexibility index (Phi) is 3.29. The van der Waals surface area contributed by atoms with Gasteiger partial charge in [0.15, 0.2) is 0 Å². The molecule has 10 N–H and O–H groups in total. The van der Waals surface area contributed by atoms with Crippen molar-refractivity contribution in [2.45, 2.75) is 24.5 Å². The van der Waals surface area contributed by atoms with E-state index in [1.165, 1.54) is 0 Å². The summed E-state index contributed by atoms with van der Waals surface area (Å²) >= 11 is 0. The third-order valence-corrected chi connectivity index (χ3v) is 4.36.